The molecule has 0 aliphatic heterocycles. The third-order valence-corrected chi connectivity index (χ3v) is 9.15. The molecule has 3 heteroatoms. The molecule has 0 saturated heterocycles. The van der Waals surface area contributed by atoms with Crippen molar-refractivity contribution in [1.29, 1.82) is 0 Å². The van der Waals surface area contributed by atoms with Crippen LogP contribution in [0.4, 0.5) is 0 Å². The zero-order valence-electron chi connectivity index (χ0n) is 23.8. The van der Waals surface area contributed by atoms with Gasteiger partial charge in [-0.3, -0.25) is 0 Å². The molecule has 0 saturated carbocycles. The van der Waals surface area contributed by atoms with E-state index in [9.17, 15) is 0 Å². The van der Waals surface area contributed by atoms with Gasteiger partial charge in [0.1, 0.15) is 16.9 Å². The number of hydrogen-bond donors (Lipinski definition) is 0. The van der Waals surface area contributed by atoms with Crippen molar-refractivity contribution in [1.82, 2.24) is 4.40 Å². The number of rotatable bonds is 1. The molecule has 41 heavy (non-hydrogen) atoms. The lowest BCUT2D eigenvalue weighted by Crippen LogP contribution is -2.10. The predicted molar refractivity (Wildman–Crippen MR) is 173 cm³/mol. The Balaban J connectivity index is 1.48. The van der Waals surface area contributed by atoms with Gasteiger partial charge >= 0.3 is 0 Å². The van der Waals surface area contributed by atoms with Gasteiger partial charge in [0, 0.05) is 32.3 Å². The van der Waals surface area contributed by atoms with Crippen LogP contribution in [0.5, 0.6) is 5.75 Å². The molecule has 0 N–H and O–H groups in total. The molecule has 9 rings (SSSR count). The summed E-state index contributed by atoms with van der Waals surface area (Å²) in [6.45, 7) is 8.96. The summed E-state index contributed by atoms with van der Waals surface area (Å²) >= 11 is 0. The molecular weight excluding hydrogens is 502 g/mol. The molecule has 0 aliphatic rings. The van der Waals surface area contributed by atoms with E-state index in [2.05, 4.69) is 117 Å². The van der Waals surface area contributed by atoms with Crippen LogP contribution in [0, 0.1) is 6.92 Å². The Labute approximate surface area is 236 Å². The average molecular weight is 532 g/mol. The molecule has 3 heterocycles. The summed E-state index contributed by atoms with van der Waals surface area (Å²) in [5.74, 6) is 0.881. The smallest absolute Gasteiger partial charge is 0.136 e. The second-order valence-electron chi connectivity index (χ2n) is 12.7. The monoisotopic (exact) mass is 531 g/mol. The first-order valence-corrected chi connectivity index (χ1v) is 14.3. The normalized spacial score (nSPS) is 13.0. The summed E-state index contributed by atoms with van der Waals surface area (Å²) in [6.07, 6.45) is 0. The van der Waals surface area contributed by atoms with E-state index >= 15 is 0 Å². The quantitative estimate of drug-likeness (QED) is 0.211. The number of aromatic nitrogens is 1. The summed E-state index contributed by atoms with van der Waals surface area (Å²) in [7, 11) is 1.74. The van der Waals surface area contributed by atoms with Crippen LogP contribution in [0.25, 0.3) is 81.6 Å². The average Bonchev–Trinajstić information content (AvgIpc) is 3.58. The molecule has 0 fully saturated rings. The van der Waals surface area contributed by atoms with Crippen molar-refractivity contribution in [2.24, 2.45) is 0 Å². The number of fused-ring (bicyclic) bond motifs is 12. The van der Waals surface area contributed by atoms with E-state index in [1.54, 1.807) is 7.11 Å². The Bertz CT molecular complexity index is 2550. The first-order chi connectivity index (χ1) is 19.8. The highest BCUT2D eigenvalue weighted by atomic mass is 16.5. The summed E-state index contributed by atoms with van der Waals surface area (Å²) in [4.78, 5) is 0. The summed E-state index contributed by atoms with van der Waals surface area (Å²) in [5.41, 5.74) is 8.23. The van der Waals surface area contributed by atoms with E-state index in [4.69, 9.17) is 9.15 Å². The number of methoxy groups -OCH3 is 1. The number of furan rings is 1. The molecule has 3 aromatic heterocycles. The topological polar surface area (TPSA) is 26.8 Å². The Morgan fingerprint density at radius 2 is 1.39 bits per heavy atom. The van der Waals surface area contributed by atoms with E-state index in [-0.39, 0.29) is 5.41 Å². The van der Waals surface area contributed by atoms with Gasteiger partial charge in [-0.1, -0.05) is 45.0 Å². The Kier molecular flexibility index (Phi) is 4.20. The molecule has 0 aliphatic carbocycles. The molecule has 9 aromatic rings. The second kappa shape index (κ2) is 7.50. The van der Waals surface area contributed by atoms with E-state index in [0.29, 0.717) is 0 Å². The molecule has 0 atom stereocenters. The lowest BCUT2D eigenvalue weighted by atomic mass is 9.86. The number of nitrogens with zero attached hydrogens (tertiary/aromatic N) is 1. The van der Waals surface area contributed by atoms with Crippen molar-refractivity contribution in [3.05, 3.63) is 96.1 Å². The summed E-state index contributed by atoms with van der Waals surface area (Å²) < 4.78 is 14.5. The highest BCUT2D eigenvalue weighted by Crippen LogP contribution is 2.46. The van der Waals surface area contributed by atoms with Crippen molar-refractivity contribution in [2.75, 3.05) is 7.11 Å². The SMILES string of the molecule is COc1ccc2cc3c4cc5cc6c(cc5cc4n4c5ccc(C(C)(C)C)cc5c(c2c1)c34)oc1cc(C)ccc16. The third kappa shape index (κ3) is 2.98. The molecule has 0 spiro atoms. The Morgan fingerprint density at radius 1 is 0.610 bits per heavy atom. The lowest BCUT2D eigenvalue weighted by molar-refractivity contribution is 0.415. The highest BCUT2D eigenvalue weighted by Gasteiger charge is 2.23. The van der Waals surface area contributed by atoms with Crippen LogP contribution >= 0.6 is 0 Å². The van der Waals surface area contributed by atoms with Gasteiger partial charge in [-0.2, -0.15) is 0 Å². The maximum absolute atomic E-state index is 6.34. The van der Waals surface area contributed by atoms with E-state index < -0.39 is 0 Å². The van der Waals surface area contributed by atoms with Crippen molar-refractivity contribution in [3.63, 3.8) is 0 Å². The van der Waals surface area contributed by atoms with Crippen LogP contribution in [0.1, 0.15) is 31.9 Å². The minimum Gasteiger partial charge on any atom is -0.497 e. The fourth-order valence-corrected chi connectivity index (χ4v) is 7.04. The van der Waals surface area contributed by atoms with Crippen LogP contribution in [-0.2, 0) is 5.41 Å². The largest absolute Gasteiger partial charge is 0.497 e. The zero-order valence-corrected chi connectivity index (χ0v) is 23.8. The van der Waals surface area contributed by atoms with Crippen molar-refractivity contribution in [2.45, 2.75) is 33.1 Å². The van der Waals surface area contributed by atoms with Crippen molar-refractivity contribution >= 4 is 81.6 Å². The van der Waals surface area contributed by atoms with Crippen LogP contribution in [0.3, 0.4) is 0 Å². The third-order valence-electron chi connectivity index (χ3n) is 9.15. The van der Waals surface area contributed by atoms with Crippen LogP contribution in [0.15, 0.2) is 89.3 Å². The molecule has 3 nitrogen and oxygen atoms in total. The minimum atomic E-state index is 0.0580. The molecule has 0 unspecified atom stereocenters. The molecule has 0 radical (unpaired) electrons. The van der Waals surface area contributed by atoms with E-state index in [0.717, 1.165) is 16.9 Å². The van der Waals surface area contributed by atoms with Crippen LogP contribution < -0.4 is 4.74 Å². The van der Waals surface area contributed by atoms with Crippen molar-refractivity contribution < 1.29 is 9.15 Å². The fourth-order valence-electron chi connectivity index (χ4n) is 7.04. The summed E-state index contributed by atoms with van der Waals surface area (Å²) in [5, 5.41) is 12.4. The first kappa shape index (κ1) is 23.0. The molecule has 0 bridgehead atoms. The van der Waals surface area contributed by atoms with Gasteiger partial charge < -0.3 is 13.6 Å². The maximum Gasteiger partial charge on any atom is 0.136 e. The summed E-state index contributed by atoms with van der Waals surface area (Å²) in [6, 6.07) is 31.6. The van der Waals surface area contributed by atoms with Crippen molar-refractivity contribution in [3.8, 4) is 5.75 Å². The molecule has 0 amide bonds. The predicted octanol–water partition coefficient (Wildman–Crippen LogP) is 10.7. The van der Waals surface area contributed by atoms with Gasteiger partial charge in [0.15, 0.2) is 0 Å². The second-order valence-corrected chi connectivity index (χ2v) is 12.7. The van der Waals surface area contributed by atoms with Gasteiger partial charge in [0.2, 0.25) is 0 Å². The maximum atomic E-state index is 6.34. The van der Waals surface area contributed by atoms with Gasteiger partial charge in [-0.15, -0.1) is 0 Å². The van der Waals surface area contributed by atoms with Gasteiger partial charge in [0.25, 0.3) is 0 Å². The van der Waals surface area contributed by atoms with Crippen LogP contribution in [0.2, 0.25) is 0 Å². The zero-order chi connectivity index (χ0) is 27.8. The molecular formula is C38H29NO2. The van der Waals surface area contributed by atoms with Gasteiger partial charge in [-0.05, 0) is 106 Å². The van der Waals surface area contributed by atoms with Gasteiger partial charge in [0.05, 0.1) is 23.7 Å². The highest BCUT2D eigenvalue weighted by molar-refractivity contribution is 6.32. The Morgan fingerprint density at radius 3 is 2.22 bits per heavy atom. The number of ether oxygens (including phenoxy) is 1. The van der Waals surface area contributed by atoms with E-state index in [1.165, 1.54) is 81.5 Å². The Hall–Kier alpha value is -4.76. The number of aryl methyl sites for hydroxylation is 1. The molecule has 198 valence electrons. The van der Waals surface area contributed by atoms with Gasteiger partial charge in [-0.25, -0.2) is 0 Å². The standard InChI is InChI=1S/C38H29NO2/c1-20-6-10-26-29-15-22-14-28-30-13-21-7-9-25(40-5)19-27(21)36-31-18-24(38(2,3)4)8-11-32(31)39(37(30)36)33(28)16-23(22)17-35(29)41-34(26)12-20/h6-19H,1-5H3. The minimum absolute atomic E-state index is 0.0580. The lowest BCUT2D eigenvalue weighted by Gasteiger charge is -2.19. The fraction of sp³-hybridized carbons (Fsp3) is 0.158. The molecule has 6 aromatic carbocycles. The van der Waals surface area contributed by atoms with E-state index in [1.807, 2.05) is 0 Å². The number of benzene rings is 6. The first-order valence-electron chi connectivity index (χ1n) is 14.3. The number of hydrogen-bond acceptors (Lipinski definition) is 2. The van der Waals surface area contributed by atoms with Crippen LogP contribution in [-0.4, -0.2) is 11.5 Å².